The molecule has 0 aliphatic carbocycles. The molecule has 0 aromatic heterocycles. The van der Waals surface area contributed by atoms with Gasteiger partial charge in [0, 0.05) is 12.5 Å². The summed E-state index contributed by atoms with van der Waals surface area (Å²) in [6.07, 6.45) is 3.69. The highest BCUT2D eigenvalue weighted by molar-refractivity contribution is 5.26. The Morgan fingerprint density at radius 1 is 1.00 bits per heavy atom. The van der Waals surface area contributed by atoms with Crippen molar-refractivity contribution in [2.24, 2.45) is 5.41 Å². The van der Waals surface area contributed by atoms with Gasteiger partial charge in [-0.1, -0.05) is 67.6 Å². The molecule has 0 saturated carbocycles. The van der Waals surface area contributed by atoms with Crippen LogP contribution in [0.15, 0.2) is 60.7 Å². The number of rotatable bonds is 4. The number of benzene rings is 2. The molecule has 1 heteroatoms. The molecule has 1 aliphatic rings. The van der Waals surface area contributed by atoms with Gasteiger partial charge in [-0.2, -0.15) is 0 Å². The lowest BCUT2D eigenvalue weighted by Gasteiger charge is -2.45. The number of nitrogens with one attached hydrogen (secondary N) is 1. The standard InChI is InChI=1S/C20H25N/c1-2-20(15-17-9-5-3-6-10-17)13-14-21-16-19(20)18-11-7-4-8-12-18/h3-12,19,21H,2,13-16H2,1H3. The van der Waals surface area contributed by atoms with E-state index in [0.29, 0.717) is 11.3 Å². The SMILES string of the molecule is CCC1(Cc2ccccc2)CCNCC1c1ccccc1. The Morgan fingerprint density at radius 3 is 2.33 bits per heavy atom. The summed E-state index contributed by atoms with van der Waals surface area (Å²) in [5, 5.41) is 3.61. The van der Waals surface area contributed by atoms with E-state index in [9.17, 15) is 0 Å². The van der Waals surface area contributed by atoms with Gasteiger partial charge in [0.25, 0.3) is 0 Å². The molecule has 0 amide bonds. The van der Waals surface area contributed by atoms with Crippen molar-refractivity contribution in [2.75, 3.05) is 13.1 Å². The Morgan fingerprint density at radius 2 is 1.67 bits per heavy atom. The average Bonchev–Trinajstić information content (AvgIpc) is 2.57. The minimum absolute atomic E-state index is 0.383. The summed E-state index contributed by atoms with van der Waals surface area (Å²) < 4.78 is 0. The molecule has 3 rings (SSSR count). The fraction of sp³-hybridized carbons (Fsp3) is 0.400. The van der Waals surface area contributed by atoms with Crippen molar-refractivity contribution in [2.45, 2.75) is 32.1 Å². The molecule has 110 valence electrons. The summed E-state index contributed by atoms with van der Waals surface area (Å²) in [5.41, 5.74) is 3.35. The van der Waals surface area contributed by atoms with Crippen molar-refractivity contribution in [1.29, 1.82) is 0 Å². The fourth-order valence-electron chi connectivity index (χ4n) is 3.89. The van der Waals surface area contributed by atoms with E-state index in [0.717, 1.165) is 13.1 Å². The maximum atomic E-state index is 3.61. The highest BCUT2D eigenvalue weighted by Gasteiger charge is 2.39. The molecule has 2 aromatic rings. The molecular formula is C20H25N. The summed E-state index contributed by atoms with van der Waals surface area (Å²) in [5.74, 6) is 0.609. The molecule has 2 aromatic carbocycles. The average molecular weight is 279 g/mol. The monoisotopic (exact) mass is 279 g/mol. The van der Waals surface area contributed by atoms with Gasteiger partial charge in [0.2, 0.25) is 0 Å². The van der Waals surface area contributed by atoms with Crippen molar-refractivity contribution in [1.82, 2.24) is 5.32 Å². The molecule has 0 spiro atoms. The predicted octanol–water partition coefficient (Wildman–Crippen LogP) is 4.40. The second kappa shape index (κ2) is 6.44. The van der Waals surface area contributed by atoms with Gasteiger partial charge in [-0.25, -0.2) is 0 Å². The lowest BCUT2D eigenvalue weighted by Crippen LogP contribution is -2.44. The molecule has 1 N–H and O–H groups in total. The van der Waals surface area contributed by atoms with Gasteiger partial charge < -0.3 is 5.32 Å². The van der Waals surface area contributed by atoms with E-state index in [1.807, 2.05) is 0 Å². The summed E-state index contributed by atoms with van der Waals surface area (Å²) in [4.78, 5) is 0. The Kier molecular flexibility index (Phi) is 4.40. The molecule has 0 bridgehead atoms. The van der Waals surface area contributed by atoms with Crippen LogP contribution in [0.5, 0.6) is 0 Å². The summed E-state index contributed by atoms with van der Waals surface area (Å²) in [6, 6.07) is 22.1. The second-order valence-corrected chi connectivity index (χ2v) is 6.30. The third kappa shape index (κ3) is 3.03. The fourth-order valence-corrected chi connectivity index (χ4v) is 3.89. The van der Waals surface area contributed by atoms with Gasteiger partial charge in [0.05, 0.1) is 0 Å². The Labute approximate surface area is 128 Å². The molecule has 1 aliphatic heterocycles. The topological polar surface area (TPSA) is 12.0 Å². The van der Waals surface area contributed by atoms with Crippen LogP contribution in [0.3, 0.4) is 0 Å². The summed E-state index contributed by atoms with van der Waals surface area (Å²) in [6.45, 7) is 4.61. The molecule has 1 nitrogen and oxygen atoms in total. The van der Waals surface area contributed by atoms with E-state index in [1.54, 1.807) is 0 Å². The zero-order valence-corrected chi connectivity index (χ0v) is 12.9. The van der Waals surface area contributed by atoms with Crippen LogP contribution in [-0.4, -0.2) is 13.1 Å². The van der Waals surface area contributed by atoms with E-state index in [-0.39, 0.29) is 0 Å². The molecule has 1 heterocycles. The molecule has 21 heavy (non-hydrogen) atoms. The Hall–Kier alpha value is -1.60. The van der Waals surface area contributed by atoms with Crippen LogP contribution in [0, 0.1) is 5.41 Å². The zero-order valence-electron chi connectivity index (χ0n) is 12.9. The van der Waals surface area contributed by atoms with Crippen LogP contribution in [-0.2, 0) is 6.42 Å². The van der Waals surface area contributed by atoms with E-state index >= 15 is 0 Å². The van der Waals surface area contributed by atoms with Crippen LogP contribution in [0.2, 0.25) is 0 Å². The highest BCUT2D eigenvalue weighted by atomic mass is 14.9. The first-order valence-electron chi connectivity index (χ1n) is 8.14. The van der Waals surface area contributed by atoms with Crippen molar-refractivity contribution >= 4 is 0 Å². The first-order chi connectivity index (χ1) is 10.3. The van der Waals surface area contributed by atoms with E-state index < -0.39 is 0 Å². The summed E-state index contributed by atoms with van der Waals surface area (Å²) >= 11 is 0. The molecule has 1 saturated heterocycles. The van der Waals surface area contributed by atoms with Crippen LogP contribution >= 0.6 is 0 Å². The van der Waals surface area contributed by atoms with Gasteiger partial charge in [-0.15, -0.1) is 0 Å². The Balaban J connectivity index is 1.93. The first kappa shape index (κ1) is 14.3. The van der Waals surface area contributed by atoms with Crippen LogP contribution < -0.4 is 5.32 Å². The van der Waals surface area contributed by atoms with Gasteiger partial charge in [-0.3, -0.25) is 0 Å². The molecule has 2 atom stereocenters. The van der Waals surface area contributed by atoms with Crippen molar-refractivity contribution < 1.29 is 0 Å². The zero-order chi connectivity index (χ0) is 14.5. The van der Waals surface area contributed by atoms with Crippen LogP contribution in [0.4, 0.5) is 0 Å². The normalized spacial score (nSPS) is 25.7. The highest BCUT2D eigenvalue weighted by Crippen LogP contribution is 2.46. The number of hydrogen-bond acceptors (Lipinski definition) is 1. The third-order valence-electron chi connectivity index (χ3n) is 5.19. The van der Waals surface area contributed by atoms with Gasteiger partial charge >= 0.3 is 0 Å². The van der Waals surface area contributed by atoms with Crippen LogP contribution in [0.25, 0.3) is 0 Å². The number of hydrogen-bond donors (Lipinski definition) is 1. The third-order valence-corrected chi connectivity index (χ3v) is 5.19. The molecule has 0 radical (unpaired) electrons. The van der Waals surface area contributed by atoms with E-state index in [1.165, 1.54) is 30.4 Å². The maximum Gasteiger partial charge on any atom is 0.00256 e. The van der Waals surface area contributed by atoms with Gasteiger partial charge in [0.1, 0.15) is 0 Å². The van der Waals surface area contributed by atoms with Crippen molar-refractivity contribution in [3.63, 3.8) is 0 Å². The lowest BCUT2D eigenvalue weighted by atomic mass is 9.63. The molecule has 2 unspecified atom stereocenters. The smallest absolute Gasteiger partial charge is 0.00256 e. The van der Waals surface area contributed by atoms with Gasteiger partial charge in [-0.05, 0) is 42.3 Å². The van der Waals surface area contributed by atoms with Crippen molar-refractivity contribution in [3.8, 4) is 0 Å². The van der Waals surface area contributed by atoms with E-state index in [2.05, 4.69) is 72.9 Å². The quantitative estimate of drug-likeness (QED) is 0.874. The molecule has 1 fully saturated rings. The maximum absolute atomic E-state index is 3.61. The first-order valence-corrected chi connectivity index (χ1v) is 8.14. The number of piperidine rings is 1. The van der Waals surface area contributed by atoms with E-state index in [4.69, 9.17) is 0 Å². The van der Waals surface area contributed by atoms with Crippen LogP contribution in [0.1, 0.15) is 36.8 Å². The largest absolute Gasteiger partial charge is 0.316 e. The van der Waals surface area contributed by atoms with Crippen molar-refractivity contribution in [3.05, 3.63) is 71.8 Å². The summed E-state index contributed by atoms with van der Waals surface area (Å²) in [7, 11) is 0. The Bertz CT molecular complexity index is 549. The predicted molar refractivity (Wildman–Crippen MR) is 89.5 cm³/mol. The lowest BCUT2D eigenvalue weighted by molar-refractivity contribution is 0.154. The molecular weight excluding hydrogens is 254 g/mol. The van der Waals surface area contributed by atoms with Gasteiger partial charge in [0.15, 0.2) is 0 Å². The minimum atomic E-state index is 0.383. The minimum Gasteiger partial charge on any atom is -0.316 e. The second-order valence-electron chi connectivity index (χ2n) is 6.30.